The Morgan fingerprint density at radius 2 is 2.11 bits per heavy atom. The van der Waals surface area contributed by atoms with Crippen LogP contribution >= 0.6 is 0 Å². The van der Waals surface area contributed by atoms with Gasteiger partial charge in [-0.2, -0.15) is 0 Å². The number of carbonyl (C=O) groups is 2. The number of aromatic nitrogens is 1. The van der Waals surface area contributed by atoms with Gasteiger partial charge in [0.2, 0.25) is 11.8 Å². The standard InChI is InChI=1S/C20H30N4O4/c1-24(2)10-4-9-22-19(26)12-16-6-7-17(18(14-25)28-16)23-20(27)11-15-5-3-8-21-13-15/h3,5-8,13,16-18,25H,4,9-12,14H2,1-2H3,(H,22,26)(H,23,27)/t16-,17+,18-/m0/s1. The van der Waals surface area contributed by atoms with Crippen LogP contribution in [0, 0.1) is 0 Å². The summed E-state index contributed by atoms with van der Waals surface area (Å²) in [4.78, 5) is 30.3. The lowest BCUT2D eigenvalue weighted by Crippen LogP contribution is -2.49. The molecule has 1 aromatic heterocycles. The number of carbonyl (C=O) groups excluding carboxylic acids is 2. The highest BCUT2D eigenvalue weighted by molar-refractivity contribution is 5.79. The summed E-state index contributed by atoms with van der Waals surface area (Å²) in [7, 11) is 3.98. The molecule has 28 heavy (non-hydrogen) atoms. The van der Waals surface area contributed by atoms with Crippen LogP contribution in [0.1, 0.15) is 18.4 Å². The van der Waals surface area contributed by atoms with Crippen LogP contribution in [0.25, 0.3) is 0 Å². The Balaban J connectivity index is 1.79. The summed E-state index contributed by atoms with van der Waals surface area (Å²) in [6.45, 7) is 1.28. The molecule has 0 saturated carbocycles. The van der Waals surface area contributed by atoms with E-state index in [4.69, 9.17) is 4.74 Å². The van der Waals surface area contributed by atoms with Gasteiger partial charge in [-0.1, -0.05) is 18.2 Å². The van der Waals surface area contributed by atoms with Gasteiger partial charge in [-0.3, -0.25) is 14.6 Å². The van der Waals surface area contributed by atoms with E-state index in [0.29, 0.717) is 6.54 Å². The lowest BCUT2D eigenvalue weighted by Gasteiger charge is -2.31. The van der Waals surface area contributed by atoms with E-state index in [1.54, 1.807) is 30.6 Å². The maximum Gasteiger partial charge on any atom is 0.225 e. The predicted octanol–water partition coefficient (Wildman–Crippen LogP) is -0.117. The second-order valence-electron chi connectivity index (χ2n) is 7.12. The summed E-state index contributed by atoms with van der Waals surface area (Å²) < 4.78 is 5.78. The largest absolute Gasteiger partial charge is 0.394 e. The van der Waals surface area contributed by atoms with Crippen molar-refractivity contribution in [3.05, 3.63) is 42.2 Å². The molecular formula is C20H30N4O4. The second kappa shape index (κ2) is 11.5. The SMILES string of the molecule is CN(C)CCCNC(=O)C[C@@H]1C=C[C@@H](NC(=O)Cc2cccnc2)[C@H](CO)O1. The lowest BCUT2D eigenvalue weighted by atomic mass is 10.0. The Labute approximate surface area is 166 Å². The van der Waals surface area contributed by atoms with Crippen LogP contribution < -0.4 is 10.6 Å². The van der Waals surface area contributed by atoms with Gasteiger partial charge in [-0.15, -0.1) is 0 Å². The van der Waals surface area contributed by atoms with Gasteiger partial charge in [0.25, 0.3) is 0 Å². The number of hydrogen-bond acceptors (Lipinski definition) is 6. The van der Waals surface area contributed by atoms with Gasteiger partial charge in [-0.25, -0.2) is 0 Å². The molecule has 0 saturated heterocycles. The zero-order valence-electron chi connectivity index (χ0n) is 16.5. The molecule has 8 heteroatoms. The summed E-state index contributed by atoms with van der Waals surface area (Å²) in [5.74, 6) is -0.272. The van der Waals surface area contributed by atoms with Crippen LogP contribution in [0.15, 0.2) is 36.7 Å². The number of nitrogens with zero attached hydrogens (tertiary/aromatic N) is 2. The molecule has 0 radical (unpaired) electrons. The maximum absolute atomic E-state index is 12.2. The van der Waals surface area contributed by atoms with Crippen LogP contribution in [0.3, 0.4) is 0 Å². The van der Waals surface area contributed by atoms with Crippen molar-refractivity contribution in [1.29, 1.82) is 0 Å². The van der Waals surface area contributed by atoms with Crippen molar-refractivity contribution in [3.63, 3.8) is 0 Å². The summed E-state index contributed by atoms with van der Waals surface area (Å²) in [6.07, 6.45) is 7.11. The van der Waals surface area contributed by atoms with Crippen molar-refractivity contribution in [2.45, 2.75) is 37.5 Å². The molecule has 8 nitrogen and oxygen atoms in total. The molecule has 1 aromatic rings. The Morgan fingerprint density at radius 3 is 2.79 bits per heavy atom. The second-order valence-corrected chi connectivity index (χ2v) is 7.12. The van der Waals surface area contributed by atoms with Crippen molar-refractivity contribution in [3.8, 4) is 0 Å². The van der Waals surface area contributed by atoms with E-state index in [9.17, 15) is 14.7 Å². The molecule has 0 aromatic carbocycles. The van der Waals surface area contributed by atoms with E-state index in [0.717, 1.165) is 18.5 Å². The summed E-state index contributed by atoms with van der Waals surface area (Å²) in [5.41, 5.74) is 0.810. The zero-order chi connectivity index (χ0) is 20.4. The molecule has 1 aliphatic heterocycles. The average Bonchev–Trinajstić information content (AvgIpc) is 2.67. The molecule has 3 N–H and O–H groups in total. The molecule has 2 amide bonds. The van der Waals surface area contributed by atoms with Crippen LogP contribution in [-0.4, -0.2) is 78.8 Å². The van der Waals surface area contributed by atoms with Gasteiger partial charge < -0.3 is 25.4 Å². The van der Waals surface area contributed by atoms with Crippen LogP contribution in [0.5, 0.6) is 0 Å². The van der Waals surface area contributed by atoms with E-state index < -0.39 is 18.2 Å². The van der Waals surface area contributed by atoms with Crippen LogP contribution in [0.2, 0.25) is 0 Å². The van der Waals surface area contributed by atoms with Gasteiger partial charge >= 0.3 is 0 Å². The third kappa shape index (κ3) is 7.75. The summed E-state index contributed by atoms with van der Waals surface area (Å²) in [6, 6.07) is 3.17. The molecular weight excluding hydrogens is 360 g/mol. The highest BCUT2D eigenvalue weighted by Crippen LogP contribution is 2.16. The van der Waals surface area contributed by atoms with Crippen molar-refractivity contribution in [1.82, 2.24) is 20.5 Å². The Bertz CT molecular complexity index is 651. The first kappa shape index (κ1) is 22.0. The number of aliphatic hydroxyl groups excluding tert-OH is 1. The van der Waals surface area contributed by atoms with Gasteiger partial charge in [0.05, 0.1) is 31.6 Å². The average molecular weight is 390 g/mol. The Hall–Kier alpha value is -2.29. The van der Waals surface area contributed by atoms with E-state index >= 15 is 0 Å². The number of pyridine rings is 1. The fourth-order valence-electron chi connectivity index (χ4n) is 2.94. The highest BCUT2D eigenvalue weighted by Gasteiger charge is 2.28. The summed E-state index contributed by atoms with van der Waals surface area (Å²) >= 11 is 0. The van der Waals surface area contributed by atoms with Crippen LogP contribution in [-0.2, 0) is 20.7 Å². The number of amides is 2. The molecule has 0 unspecified atom stereocenters. The van der Waals surface area contributed by atoms with Gasteiger partial charge in [-0.05, 0) is 38.7 Å². The zero-order valence-corrected chi connectivity index (χ0v) is 16.5. The van der Waals surface area contributed by atoms with Gasteiger partial charge in [0, 0.05) is 18.9 Å². The summed E-state index contributed by atoms with van der Waals surface area (Å²) in [5, 5.41) is 15.3. The molecule has 2 heterocycles. The lowest BCUT2D eigenvalue weighted by molar-refractivity contribution is -0.128. The minimum absolute atomic E-state index is 0.0934. The number of hydrogen-bond donors (Lipinski definition) is 3. The van der Waals surface area contributed by atoms with E-state index in [-0.39, 0.29) is 31.3 Å². The topological polar surface area (TPSA) is 104 Å². The molecule has 3 atom stereocenters. The minimum Gasteiger partial charge on any atom is -0.394 e. The molecule has 1 aliphatic rings. The minimum atomic E-state index is -0.589. The first-order chi connectivity index (χ1) is 13.5. The smallest absolute Gasteiger partial charge is 0.225 e. The molecule has 0 bridgehead atoms. The molecule has 0 fully saturated rings. The van der Waals surface area contributed by atoms with Crippen molar-refractivity contribution in [2.24, 2.45) is 0 Å². The number of ether oxygens (including phenoxy) is 1. The molecule has 0 aliphatic carbocycles. The van der Waals surface area contributed by atoms with E-state index in [2.05, 4.69) is 20.5 Å². The molecule has 154 valence electrons. The molecule has 0 spiro atoms. The van der Waals surface area contributed by atoms with Crippen LogP contribution in [0.4, 0.5) is 0 Å². The quantitative estimate of drug-likeness (QED) is 0.380. The van der Waals surface area contributed by atoms with E-state index in [1.165, 1.54) is 0 Å². The normalized spacial score (nSPS) is 21.5. The van der Waals surface area contributed by atoms with E-state index in [1.807, 2.05) is 20.2 Å². The highest BCUT2D eigenvalue weighted by atomic mass is 16.5. The number of aliphatic hydroxyl groups is 1. The molecule has 2 rings (SSSR count). The monoisotopic (exact) mass is 390 g/mol. The fourth-order valence-corrected chi connectivity index (χ4v) is 2.94. The number of nitrogens with one attached hydrogen (secondary N) is 2. The number of rotatable bonds is 10. The Morgan fingerprint density at radius 1 is 1.29 bits per heavy atom. The fraction of sp³-hybridized carbons (Fsp3) is 0.550. The van der Waals surface area contributed by atoms with Gasteiger partial charge in [0.1, 0.15) is 6.10 Å². The van der Waals surface area contributed by atoms with Gasteiger partial charge in [0.15, 0.2) is 0 Å². The van der Waals surface area contributed by atoms with Crippen molar-refractivity contribution in [2.75, 3.05) is 33.8 Å². The van der Waals surface area contributed by atoms with Crippen molar-refractivity contribution < 1.29 is 19.4 Å². The third-order valence-electron chi connectivity index (χ3n) is 4.37. The first-order valence-electron chi connectivity index (χ1n) is 9.52. The third-order valence-corrected chi connectivity index (χ3v) is 4.37. The first-order valence-corrected chi connectivity index (χ1v) is 9.52. The maximum atomic E-state index is 12.2. The van der Waals surface area contributed by atoms with Crippen molar-refractivity contribution >= 4 is 11.8 Å². The predicted molar refractivity (Wildman–Crippen MR) is 106 cm³/mol. The Kier molecular flexibility index (Phi) is 9.06.